The van der Waals surface area contributed by atoms with E-state index in [0.29, 0.717) is 12.0 Å². The molecule has 3 aromatic rings. The Morgan fingerprint density at radius 1 is 0.969 bits per heavy atom. The first-order valence-corrected chi connectivity index (χ1v) is 12.4. The third-order valence-electron chi connectivity index (χ3n) is 5.34. The summed E-state index contributed by atoms with van der Waals surface area (Å²) >= 11 is 1.72. The van der Waals surface area contributed by atoms with E-state index in [9.17, 15) is 9.90 Å². The number of imidazole rings is 1. The van der Waals surface area contributed by atoms with Gasteiger partial charge in [-0.15, -0.1) is 0 Å². The summed E-state index contributed by atoms with van der Waals surface area (Å²) in [4.78, 5) is 19.8. The van der Waals surface area contributed by atoms with E-state index in [1.54, 1.807) is 11.8 Å². The van der Waals surface area contributed by atoms with E-state index in [4.69, 9.17) is 4.98 Å². The highest BCUT2D eigenvalue weighted by Gasteiger charge is 2.14. The van der Waals surface area contributed by atoms with Crippen LogP contribution in [0.3, 0.4) is 0 Å². The van der Waals surface area contributed by atoms with Gasteiger partial charge >= 0.3 is 5.97 Å². The molecule has 0 bridgehead atoms. The van der Waals surface area contributed by atoms with Crippen molar-refractivity contribution >= 4 is 17.7 Å². The van der Waals surface area contributed by atoms with Crippen LogP contribution in [0.15, 0.2) is 77.5 Å². The highest BCUT2D eigenvalue weighted by molar-refractivity contribution is 7.99. The molecule has 0 aliphatic carbocycles. The zero-order valence-electron chi connectivity index (χ0n) is 18.7. The smallest absolute Gasteiger partial charge is 0.331 e. The number of hydrogen-bond acceptors (Lipinski definition) is 3. The Bertz CT molecular complexity index is 940. The number of benzene rings is 2. The van der Waals surface area contributed by atoms with E-state index in [0.717, 1.165) is 71.9 Å². The van der Waals surface area contributed by atoms with Crippen LogP contribution in [-0.4, -0.2) is 26.8 Å². The quantitative estimate of drug-likeness (QED) is 0.160. The monoisotopic (exact) mass is 448 g/mol. The van der Waals surface area contributed by atoms with Gasteiger partial charge < -0.3 is 10.1 Å². The van der Waals surface area contributed by atoms with Crippen molar-refractivity contribution in [3.63, 3.8) is 0 Å². The lowest BCUT2D eigenvalue weighted by Crippen LogP contribution is -2.00. The Kier molecular flexibility index (Phi) is 9.63. The predicted octanol–water partition coefficient (Wildman–Crippen LogP) is 7.60. The summed E-state index contributed by atoms with van der Waals surface area (Å²) < 4.78 is 0. The van der Waals surface area contributed by atoms with Crippen molar-refractivity contribution in [2.45, 2.75) is 57.0 Å². The molecule has 0 spiro atoms. The molecule has 0 saturated heterocycles. The van der Waals surface area contributed by atoms with Crippen LogP contribution in [0.25, 0.3) is 22.5 Å². The van der Waals surface area contributed by atoms with E-state index in [2.05, 4.69) is 36.2 Å². The molecule has 3 rings (SSSR count). The SMILES string of the molecule is CCCCCC(=CCCCCSc1nc(-c2ccccc2)c(-c2ccccc2)[nH]1)C(=O)O. The fraction of sp³-hybridized carbons (Fsp3) is 0.333. The molecule has 0 radical (unpaired) electrons. The highest BCUT2D eigenvalue weighted by atomic mass is 32.2. The lowest BCUT2D eigenvalue weighted by Gasteiger charge is -2.02. The molecule has 2 aromatic carbocycles. The Labute approximate surface area is 195 Å². The van der Waals surface area contributed by atoms with Crippen LogP contribution in [0.5, 0.6) is 0 Å². The second-order valence-corrected chi connectivity index (χ2v) is 8.92. The third-order valence-corrected chi connectivity index (χ3v) is 6.30. The number of nitrogens with one attached hydrogen (secondary N) is 1. The van der Waals surface area contributed by atoms with Crippen molar-refractivity contribution in [1.29, 1.82) is 0 Å². The summed E-state index contributed by atoms with van der Waals surface area (Å²) in [6.07, 6.45) is 8.55. The van der Waals surface area contributed by atoms with Gasteiger partial charge in [0.2, 0.25) is 0 Å². The van der Waals surface area contributed by atoms with Crippen LogP contribution >= 0.6 is 11.8 Å². The van der Waals surface area contributed by atoms with Crippen molar-refractivity contribution in [1.82, 2.24) is 9.97 Å². The Morgan fingerprint density at radius 2 is 1.66 bits per heavy atom. The van der Waals surface area contributed by atoms with Gasteiger partial charge in [-0.25, -0.2) is 9.78 Å². The number of H-pyrrole nitrogens is 1. The summed E-state index contributed by atoms with van der Waals surface area (Å²) in [6.45, 7) is 2.13. The van der Waals surface area contributed by atoms with Crippen molar-refractivity contribution in [2.24, 2.45) is 0 Å². The van der Waals surface area contributed by atoms with Crippen LogP contribution in [0.1, 0.15) is 51.9 Å². The van der Waals surface area contributed by atoms with Crippen molar-refractivity contribution in [2.75, 3.05) is 5.75 Å². The van der Waals surface area contributed by atoms with Gasteiger partial charge in [-0.1, -0.05) is 98.3 Å². The number of unbranched alkanes of at least 4 members (excludes halogenated alkanes) is 4. The van der Waals surface area contributed by atoms with Crippen molar-refractivity contribution in [3.05, 3.63) is 72.3 Å². The second kappa shape index (κ2) is 12.9. The van der Waals surface area contributed by atoms with Gasteiger partial charge in [-0.05, 0) is 32.1 Å². The Hall–Kier alpha value is -2.79. The van der Waals surface area contributed by atoms with Crippen LogP contribution in [0.4, 0.5) is 0 Å². The van der Waals surface area contributed by atoms with E-state index in [1.807, 2.05) is 42.5 Å². The number of rotatable bonds is 13. The van der Waals surface area contributed by atoms with Crippen molar-refractivity contribution < 1.29 is 9.90 Å². The molecule has 1 heterocycles. The number of thioether (sulfide) groups is 1. The summed E-state index contributed by atoms with van der Waals surface area (Å²) in [5.74, 6) is 0.176. The number of carboxylic acid groups (broad SMARTS) is 1. The largest absolute Gasteiger partial charge is 0.478 e. The maximum atomic E-state index is 11.4. The Morgan fingerprint density at radius 3 is 2.31 bits per heavy atom. The van der Waals surface area contributed by atoms with E-state index in [-0.39, 0.29) is 0 Å². The molecule has 0 atom stereocenters. The number of aliphatic carboxylic acids is 1. The topological polar surface area (TPSA) is 66.0 Å². The molecule has 0 aliphatic rings. The predicted molar refractivity (Wildman–Crippen MR) is 134 cm³/mol. The van der Waals surface area contributed by atoms with Gasteiger partial charge in [-0.2, -0.15) is 0 Å². The van der Waals surface area contributed by atoms with Gasteiger partial charge in [0.15, 0.2) is 5.16 Å². The van der Waals surface area contributed by atoms with Gasteiger partial charge in [0, 0.05) is 22.5 Å². The third kappa shape index (κ3) is 7.13. The number of carbonyl (C=O) groups is 1. The molecular weight excluding hydrogens is 416 g/mol. The molecule has 0 unspecified atom stereocenters. The molecule has 5 heteroatoms. The number of nitrogens with zero attached hydrogens (tertiary/aromatic N) is 1. The molecule has 32 heavy (non-hydrogen) atoms. The molecule has 4 nitrogen and oxygen atoms in total. The van der Waals surface area contributed by atoms with Gasteiger partial charge in [-0.3, -0.25) is 0 Å². The average molecular weight is 449 g/mol. The second-order valence-electron chi connectivity index (χ2n) is 7.83. The van der Waals surface area contributed by atoms with E-state index in [1.165, 1.54) is 0 Å². The van der Waals surface area contributed by atoms with Crippen LogP contribution in [0.2, 0.25) is 0 Å². The molecule has 0 saturated carbocycles. The maximum absolute atomic E-state index is 11.4. The van der Waals surface area contributed by atoms with Crippen molar-refractivity contribution in [3.8, 4) is 22.5 Å². The maximum Gasteiger partial charge on any atom is 0.331 e. The van der Waals surface area contributed by atoms with Crippen LogP contribution in [0, 0.1) is 0 Å². The summed E-state index contributed by atoms with van der Waals surface area (Å²) in [5.41, 5.74) is 4.81. The molecule has 0 aliphatic heterocycles. The highest BCUT2D eigenvalue weighted by Crippen LogP contribution is 2.32. The summed E-state index contributed by atoms with van der Waals surface area (Å²) in [7, 11) is 0. The van der Waals surface area contributed by atoms with Crippen LogP contribution < -0.4 is 0 Å². The Balaban J connectivity index is 1.57. The molecule has 2 N–H and O–H groups in total. The molecular formula is C27H32N2O2S. The average Bonchev–Trinajstić information content (AvgIpc) is 3.25. The van der Waals surface area contributed by atoms with Gasteiger partial charge in [0.05, 0.1) is 11.4 Å². The molecule has 0 fully saturated rings. The first kappa shape index (κ1) is 23.9. The fourth-order valence-corrected chi connectivity index (χ4v) is 4.46. The minimum Gasteiger partial charge on any atom is -0.478 e. The summed E-state index contributed by atoms with van der Waals surface area (Å²) in [6, 6.07) is 20.6. The molecule has 1 aromatic heterocycles. The number of aromatic nitrogens is 2. The normalized spacial score (nSPS) is 11.6. The van der Waals surface area contributed by atoms with E-state index >= 15 is 0 Å². The zero-order chi connectivity index (χ0) is 22.6. The number of aromatic amines is 1. The minimum absolute atomic E-state index is 0.567. The number of carboxylic acids is 1. The van der Waals surface area contributed by atoms with E-state index < -0.39 is 5.97 Å². The molecule has 168 valence electrons. The van der Waals surface area contributed by atoms with Gasteiger partial charge in [0.25, 0.3) is 0 Å². The van der Waals surface area contributed by atoms with Gasteiger partial charge in [0.1, 0.15) is 0 Å². The first-order valence-electron chi connectivity index (χ1n) is 11.4. The summed E-state index contributed by atoms with van der Waals surface area (Å²) in [5, 5.41) is 10.3. The van der Waals surface area contributed by atoms with Crippen LogP contribution in [-0.2, 0) is 4.79 Å². The fourth-order valence-electron chi connectivity index (χ4n) is 3.59. The zero-order valence-corrected chi connectivity index (χ0v) is 19.5. The first-order chi connectivity index (χ1) is 15.7. The lowest BCUT2D eigenvalue weighted by atomic mass is 10.1. The minimum atomic E-state index is -0.770. The lowest BCUT2D eigenvalue weighted by molar-refractivity contribution is -0.132. The molecule has 0 amide bonds. The number of hydrogen-bond donors (Lipinski definition) is 2. The number of allylic oxidation sites excluding steroid dienone is 1. The standard InChI is InChI=1S/C27H32N2O2S/c1-2-3-7-18-23(26(30)31)19-12-6-13-20-32-27-28-24(21-14-8-4-9-15-21)25(29-27)22-16-10-5-11-17-22/h4-5,8-11,14-17,19H,2-3,6-7,12-13,18,20H2,1H3,(H,28,29)(H,30,31).